The largest absolute Gasteiger partial charge is 0.338 e. The highest BCUT2D eigenvalue weighted by Gasteiger charge is 2.25. The van der Waals surface area contributed by atoms with E-state index in [2.05, 4.69) is 9.71 Å². The SMILES string of the molecule is Cc1ccc(NS(=O)(=O)c2cc(-c3nc(C)c(C(=O)N4CCCC4)s3)cs2)cc1. The van der Waals surface area contributed by atoms with Gasteiger partial charge in [-0.15, -0.1) is 22.7 Å². The first-order valence-corrected chi connectivity index (χ1v) is 12.5. The van der Waals surface area contributed by atoms with Gasteiger partial charge < -0.3 is 4.90 Å². The molecule has 0 saturated carbocycles. The standard InChI is InChI=1S/C20H21N3O3S3/c1-13-5-7-16(8-6-13)22-29(25,26)17-11-15(12-27-17)19-21-14(2)18(28-19)20(24)23-9-3-4-10-23/h5-8,11-12,22H,3-4,9-10H2,1-2H3. The molecule has 2 aromatic heterocycles. The van der Waals surface area contributed by atoms with Crippen LogP contribution in [0.3, 0.4) is 0 Å². The number of likely N-dealkylation sites (tertiary alicyclic amines) is 1. The van der Waals surface area contributed by atoms with Gasteiger partial charge in [0.15, 0.2) is 0 Å². The maximum Gasteiger partial charge on any atom is 0.271 e. The average molecular weight is 448 g/mol. The molecular weight excluding hydrogens is 426 g/mol. The van der Waals surface area contributed by atoms with E-state index in [-0.39, 0.29) is 10.1 Å². The average Bonchev–Trinajstić information content (AvgIpc) is 3.43. The second kappa shape index (κ2) is 7.89. The van der Waals surface area contributed by atoms with E-state index in [1.807, 2.05) is 30.9 Å². The van der Waals surface area contributed by atoms with Crippen LogP contribution in [0, 0.1) is 13.8 Å². The molecule has 1 aromatic carbocycles. The van der Waals surface area contributed by atoms with Gasteiger partial charge in [0.1, 0.15) is 14.1 Å². The summed E-state index contributed by atoms with van der Waals surface area (Å²) in [5.41, 5.74) is 2.99. The normalized spacial score (nSPS) is 14.3. The highest BCUT2D eigenvalue weighted by atomic mass is 32.2. The van der Waals surface area contributed by atoms with Crippen molar-refractivity contribution in [2.24, 2.45) is 0 Å². The third-order valence-electron chi connectivity index (χ3n) is 4.78. The number of amides is 1. The molecule has 0 radical (unpaired) electrons. The van der Waals surface area contributed by atoms with E-state index in [1.54, 1.807) is 23.6 Å². The lowest BCUT2D eigenvalue weighted by Crippen LogP contribution is -2.27. The van der Waals surface area contributed by atoms with Crippen molar-refractivity contribution in [2.45, 2.75) is 30.9 Å². The number of carbonyl (C=O) groups excluding carboxylic acids is 1. The second-order valence-electron chi connectivity index (χ2n) is 7.06. The number of nitrogens with zero attached hydrogens (tertiary/aromatic N) is 2. The fourth-order valence-electron chi connectivity index (χ4n) is 3.18. The number of nitrogens with one attached hydrogen (secondary N) is 1. The van der Waals surface area contributed by atoms with Gasteiger partial charge in [0, 0.05) is 29.7 Å². The van der Waals surface area contributed by atoms with E-state index in [4.69, 9.17) is 0 Å². The number of thiophene rings is 1. The number of aromatic nitrogens is 1. The monoisotopic (exact) mass is 447 g/mol. The van der Waals surface area contributed by atoms with Crippen LogP contribution in [0.25, 0.3) is 10.6 Å². The minimum Gasteiger partial charge on any atom is -0.338 e. The molecule has 0 bridgehead atoms. The van der Waals surface area contributed by atoms with Gasteiger partial charge in [-0.05, 0) is 44.9 Å². The Morgan fingerprint density at radius 1 is 1.14 bits per heavy atom. The Bertz CT molecular complexity index is 1140. The van der Waals surface area contributed by atoms with E-state index >= 15 is 0 Å². The molecule has 1 amide bonds. The minimum atomic E-state index is -3.68. The van der Waals surface area contributed by atoms with E-state index in [0.29, 0.717) is 26.8 Å². The van der Waals surface area contributed by atoms with Crippen LogP contribution < -0.4 is 4.72 Å². The highest BCUT2D eigenvalue weighted by molar-refractivity contribution is 7.94. The Labute approximate surface area is 178 Å². The summed E-state index contributed by atoms with van der Waals surface area (Å²) in [6.45, 7) is 5.35. The van der Waals surface area contributed by atoms with E-state index in [9.17, 15) is 13.2 Å². The van der Waals surface area contributed by atoms with Crippen LogP contribution in [0.2, 0.25) is 0 Å². The van der Waals surface area contributed by atoms with Crippen molar-refractivity contribution in [2.75, 3.05) is 17.8 Å². The fraction of sp³-hybridized carbons (Fsp3) is 0.300. The van der Waals surface area contributed by atoms with E-state index < -0.39 is 10.0 Å². The van der Waals surface area contributed by atoms with Gasteiger partial charge >= 0.3 is 0 Å². The van der Waals surface area contributed by atoms with Crippen molar-refractivity contribution >= 4 is 44.3 Å². The number of carbonyl (C=O) groups is 1. The van der Waals surface area contributed by atoms with Crippen molar-refractivity contribution < 1.29 is 13.2 Å². The predicted octanol–water partition coefficient (Wildman–Crippen LogP) is 4.53. The minimum absolute atomic E-state index is 0.0212. The second-order valence-corrected chi connectivity index (χ2v) is 10.9. The summed E-state index contributed by atoms with van der Waals surface area (Å²) in [4.78, 5) is 19.7. The number of aryl methyl sites for hydroxylation is 2. The van der Waals surface area contributed by atoms with Crippen molar-refractivity contribution in [3.05, 3.63) is 51.8 Å². The first kappa shape index (κ1) is 20.1. The number of hydrogen-bond donors (Lipinski definition) is 1. The Morgan fingerprint density at radius 3 is 2.52 bits per heavy atom. The van der Waals surface area contributed by atoms with Crippen LogP contribution in [0.4, 0.5) is 5.69 Å². The topological polar surface area (TPSA) is 79.4 Å². The van der Waals surface area contributed by atoms with E-state index in [0.717, 1.165) is 42.8 Å². The smallest absolute Gasteiger partial charge is 0.271 e. The molecule has 3 aromatic rings. The molecule has 152 valence electrons. The lowest BCUT2D eigenvalue weighted by molar-refractivity contribution is 0.0796. The molecule has 0 atom stereocenters. The van der Waals surface area contributed by atoms with Crippen LogP contribution in [0.5, 0.6) is 0 Å². The summed E-state index contributed by atoms with van der Waals surface area (Å²) in [5, 5.41) is 2.43. The maximum absolute atomic E-state index is 12.7. The molecule has 9 heteroatoms. The number of anilines is 1. The van der Waals surface area contributed by atoms with Gasteiger partial charge in [-0.3, -0.25) is 9.52 Å². The van der Waals surface area contributed by atoms with Crippen LogP contribution in [0.1, 0.15) is 33.8 Å². The molecule has 0 unspecified atom stereocenters. The molecule has 6 nitrogen and oxygen atoms in total. The maximum atomic E-state index is 12.7. The molecule has 1 fully saturated rings. The predicted molar refractivity (Wildman–Crippen MR) is 117 cm³/mol. The summed E-state index contributed by atoms with van der Waals surface area (Å²) < 4.78 is 28.2. The van der Waals surface area contributed by atoms with Gasteiger partial charge in [-0.25, -0.2) is 13.4 Å². The van der Waals surface area contributed by atoms with Crippen molar-refractivity contribution in [3.8, 4) is 10.6 Å². The molecule has 3 heterocycles. The van der Waals surface area contributed by atoms with Crippen LogP contribution in [0.15, 0.2) is 39.9 Å². The van der Waals surface area contributed by atoms with Crippen molar-refractivity contribution in [1.82, 2.24) is 9.88 Å². The summed E-state index contributed by atoms with van der Waals surface area (Å²) in [6, 6.07) is 8.80. The summed E-state index contributed by atoms with van der Waals surface area (Å²) in [5.74, 6) is 0.0212. The fourth-order valence-corrected chi connectivity index (χ4v) is 6.50. The Kier molecular flexibility index (Phi) is 5.46. The molecule has 1 aliphatic rings. The Morgan fingerprint density at radius 2 is 1.83 bits per heavy atom. The molecule has 1 saturated heterocycles. The van der Waals surface area contributed by atoms with E-state index in [1.165, 1.54) is 11.3 Å². The first-order valence-electron chi connectivity index (χ1n) is 9.28. The number of thiazole rings is 1. The van der Waals surface area contributed by atoms with Crippen LogP contribution in [-0.4, -0.2) is 37.3 Å². The van der Waals surface area contributed by atoms with Crippen LogP contribution in [-0.2, 0) is 10.0 Å². The number of sulfonamides is 1. The molecule has 1 aliphatic heterocycles. The van der Waals surface area contributed by atoms with Gasteiger partial charge in [0.05, 0.1) is 5.69 Å². The lowest BCUT2D eigenvalue weighted by Gasteiger charge is -2.13. The molecule has 4 rings (SSSR count). The van der Waals surface area contributed by atoms with Gasteiger partial charge in [-0.1, -0.05) is 17.7 Å². The Balaban J connectivity index is 1.56. The summed E-state index contributed by atoms with van der Waals surface area (Å²) >= 11 is 2.47. The molecule has 0 spiro atoms. The lowest BCUT2D eigenvalue weighted by atomic mass is 10.2. The zero-order chi connectivity index (χ0) is 20.6. The summed E-state index contributed by atoms with van der Waals surface area (Å²) in [7, 11) is -3.68. The number of rotatable bonds is 5. The third-order valence-corrected chi connectivity index (χ3v) is 8.79. The molecular formula is C20H21N3O3S3. The Hall–Kier alpha value is -2.23. The van der Waals surface area contributed by atoms with Crippen LogP contribution >= 0.6 is 22.7 Å². The first-order chi connectivity index (χ1) is 13.8. The summed E-state index contributed by atoms with van der Waals surface area (Å²) in [6.07, 6.45) is 2.08. The third kappa shape index (κ3) is 4.22. The van der Waals surface area contributed by atoms with Gasteiger partial charge in [-0.2, -0.15) is 0 Å². The van der Waals surface area contributed by atoms with Gasteiger partial charge in [0.2, 0.25) is 0 Å². The quantitative estimate of drug-likeness (QED) is 0.623. The van der Waals surface area contributed by atoms with Gasteiger partial charge in [0.25, 0.3) is 15.9 Å². The number of benzene rings is 1. The molecule has 1 N–H and O–H groups in total. The molecule has 0 aliphatic carbocycles. The number of hydrogen-bond acceptors (Lipinski definition) is 6. The van der Waals surface area contributed by atoms with Crippen molar-refractivity contribution in [1.29, 1.82) is 0 Å². The van der Waals surface area contributed by atoms with Crippen molar-refractivity contribution in [3.63, 3.8) is 0 Å². The highest BCUT2D eigenvalue weighted by Crippen LogP contribution is 2.34. The molecule has 29 heavy (non-hydrogen) atoms. The zero-order valence-corrected chi connectivity index (χ0v) is 18.6. The zero-order valence-electron chi connectivity index (χ0n) is 16.1.